The van der Waals surface area contributed by atoms with Gasteiger partial charge in [0.25, 0.3) is 0 Å². The Labute approximate surface area is 115 Å². The summed E-state index contributed by atoms with van der Waals surface area (Å²) in [4.78, 5) is 14.5. The lowest BCUT2D eigenvalue weighted by Gasteiger charge is -2.34. The summed E-state index contributed by atoms with van der Waals surface area (Å²) in [5.74, 6) is 0.191. The highest BCUT2D eigenvalue weighted by Crippen LogP contribution is 2.20. The van der Waals surface area contributed by atoms with Gasteiger partial charge in [-0.25, -0.2) is 0 Å². The Morgan fingerprint density at radius 2 is 2.32 bits per heavy atom. The van der Waals surface area contributed by atoms with E-state index in [1.807, 2.05) is 11.9 Å². The zero-order valence-corrected chi connectivity index (χ0v) is 12.1. The number of hydrogen-bond donors (Lipinski definition) is 1. The number of likely N-dealkylation sites (N-methyl/N-ethyl adjacent to an activating group) is 1. The molecule has 5 heteroatoms. The van der Waals surface area contributed by atoms with Crippen LogP contribution in [0, 0.1) is 5.92 Å². The number of piperidine rings is 1. The highest BCUT2D eigenvalue weighted by molar-refractivity contribution is 5.80. The minimum atomic E-state index is -0.0325. The number of ether oxygens (including phenoxy) is 2. The van der Waals surface area contributed by atoms with Gasteiger partial charge in [-0.2, -0.15) is 0 Å². The number of likely N-dealkylation sites (tertiary alicyclic amines) is 1. The van der Waals surface area contributed by atoms with Crippen LogP contribution >= 0.6 is 0 Å². The van der Waals surface area contributed by atoms with Gasteiger partial charge in [-0.1, -0.05) is 6.92 Å². The molecular formula is C14H26N2O3. The van der Waals surface area contributed by atoms with Crippen LogP contribution in [-0.4, -0.2) is 62.9 Å². The second-order valence-corrected chi connectivity index (χ2v) is 5.46. The topological polar surface area (TPSA) is 50.8 Å². The molecule has 3 atom stereocenters. The van der Waals surface area contributed by atoms with Gasteiger partial charge < -0.3 is 19.7 Å². The largest absolute Gasteiger partial charge is 0.379 e. The Balaban J connectivity index is 1.87. The van der Waals surface area contributed by atoms with E-state index in [9.17, 15) is 4.79 Å². The average molecular weight is 270 g/mol. The summed E-state index contributed by atoms with van der Waals surface area (Å²) in [5, 5.41) is 3.18. The van der Waals surface area contributed by atoms with Gasteiger partial charge in [0.05, 0.1) is 25.2 Å². The van der Waals surface area contributed by atoms with E-state index in [1.54, 1.807) is 0 Å². The third kappa shape index (κ3) is 3.68. The van der Waals surface area contributed by atoms with E-state index in [0.717, 1.165) is 39.0 Å². The van der Waals surface area contributed by atoms with Gasteiger partial charge >= 0.3 is 0 Å². The van der Waals surface area contributed by atoms with E-state index in [1.165, 1.54) is 0 Å². The summed E-state index contributed by atoms with van der Waals surface area (Å²) in [6.45, 7) is 5.68. The van der Waals surface area contributed by atoms with Crippen molar-refractivity contribution < 1.29 is 14.3 Å². The molecule has 1 amide bonds. The lowest BCUT2D eigenvalue weighted by Crippen LogP contribution is -2.49. The fourth-order valence-corrected chi connectivity index (χ4v) is 2.88. The monoisotopic (exact) mass is 270 g/mol. The second-order valence-electron chi connectivity index (χ2n) is 5.46. The van der Waals surface area contributed by atoms with Crippen molar-refractivity contribution in [3.05, 3.63) is 0 Å². The Morgan fingerprint density at radius 1 is 1.47 bits per heavy atom. The van der Waals surface area contributed by atoms with Crippen molar-refractivity contribution in [2.24, 2.45) is 5.92 Å². The Hall–Kier alpha value is -0.650. The van der Waals surface area contributed by atoms with Gasteiger partial charge in [0.2, 0.25) is 5.91 Å². The van der Waals surface area contributed by atoms with Gasteiger partial charge in [0.1, 0.15) is 0 Å². The third-order valence-electron chi connectivity index (χ3n) is 4.02. The van der Waals surface area contributed by atoms with E-state index < -0.39 is 0 Å². The molecule has 1 N–H and O–H groups in total. The average Bonchev–Trinajstić information content (AvgIpc) is 2.93. The number of hydrogen-bond acceptors (Lipinski definition) is 4. The molecular weight excluding hydrogens is 244 g/mol. The van der Waals surface area contributed by atoms with Gasteiger partial charge in [0.15, 0.2) is 0 Å². The number of carbonyl (C=O) groups is 1. The SMILES string of the molecule is CCCOC1CCCN(C(=O)C2COCC2NC)C1. The molecule has 2 rings (SSSR count). The molecule has 19 heavy (non-hydrogen) atoms. The Bertz CT molecular complexity index is 298. The molecule has 0 aromatic rings. The van der Waals surface area contributed by atoms with Crippen molar-refractivity contribution in [1.82, 2.24) is 10.2 Å². The highest BCUT2D eigenvalue weighted by atomic mass is 16.5. The molecule has 3 unspecified atom stereocenters. The summed E-state index contributed by atoms with van der Waals surface area (Å²) in [5.41, 5.74) is 0. The van der Waals surface area contributed by atoms with E-state index >= 15 is 0 Å². The first-order chi connectivity index (χ1) is 9.26. The normalized spacial score (nSPS) is 31.7. The second kappa shape index (κ2) is 7.22. The van der Waals surface area contributed by atoms with Gasteiger partial charge in [-0.15, -0.1) is 0 Å². The third-order valence-corrected chi connectivity index (χ3v) is 4.02. The maximum Gasteiger partial charge on any atom is 0.229 e. The molecule has 110 valence electrons. The van der Waals surface area contributed by atoms with E-state index in [0.29, 0.717) is 13.2 Å². The highest BCUT2D eigenvalue weighted by Gasteiger charge is 2.37. The smallest absolute Gasteiger partial charge is 0.229 e. The van der Waals surface area contributed by atoms with Crippen LogP contribution in [0.2, 0.25) is 0 Å². The van der Waals surface area contributed by atoms with Crippen LogP contribution in [0.15, 0.2) is 0 Å². The summed E-state index contributed by atoms with van der Waals surface area (Å²) in [6.07, 6.45) is 3.36. The maximum atomic E-state index is 12.5. The van der Waals surface area contributed by atoms with Crippen LogP contribution in [0.4, 0.5) is 0 Å². The standard InChI is InChI=1S/C14H26N2O3/c1-3-7-19-11-5-4-6-16(8-11)14(17)12-9-18-10-13(12)15-2/h11-13,15H,3-10H2,1-2H3. The Kier molecular flexibility index (Phi) is 5.60. The maximum absolute atomic E-state index is 12.5. The number of nitrogens with zero attached hydrogens (tertiary/aromatic N) is 1. The molecule has 0 saturated carbocycles. The van der Waals surface area contributed by atoms with Crippen LogP contribution in [0.25, 0.3) is 0 Å². The first kappa shape index (κ1) is 14.8. The molecule has 2 aliphatic heterocycles. The molecule has 2 fully saturated rings. The fourth-order valence-electron chi connectivity index (χ4n) is 2.88. The number of amides is 1. The summed E-state index contributed by atoms with van der Waals surface area (Å²) in [7, 11) is 1.89. The molecule has 2 aliphatic rings. The minimum absolute atomic E-state index is 0.0325. The summed E-state index contributed by atoms with van der Waals surface area (Å²) >= 11 is 0. The minimum Gasteiger partial charge on any atom is -0.379 e. The molecule has 0 aliphatic carbocycles. The van der Waals surface area contributed by atoms with Crippen molar-refractivity contribution in [2.45, 2.75) is 38.3 Å². The zero-order valence-electron chi connectivity index (χ0n) is 12.1. The van der Waals surface area contributed by atoms with E-state index in [2.05, 4.69) is 12.2 Å². The summed E-state index contributed by atoms with van der Waals surface area (Å²) in [6, 6.07) is 0.157. The van der Waals surface area contributed by atoms with E-state index in [4.69, 9.17) is 9.47 Å². The molecule has 5 nitrogen and oxygen atoms in total. The molecule has 0 spiro atoms. The van der Waals surface area contributed by atoms with Crippen LogP contribution in [0.5, 0.6) is 0 Å². The first-order valence-corrected chi connectivity index (χ1v) is 7.41. The Morgan fingerprint density at radius 3 is 3.05 bits per heavy atom. The molecule has 0 aromatic carbocycles. The summed E-state index contributed by atoms with van der Waals surface area (Å²) < 4.78 is 11.2. The molecule has 0 radical (unpaired) electrons. The van der Waals surface area contributed by atoms with Gasteiger partial charge in [0, 0.05) is 25.7 Å². The lowest BCUT2D eigenvalue weighted by molar-refractivity contribution is -0.140. The zero-order chi connectivity index (χ0) is 13.7. The van der Waals surface area contributed by atoms with Crippen molar-refractivity contribution in [3.8, 4) is 0 Å². The van der Waals surface area contributed by atoms with E-state index in [-0.39, 0.29) is 24.0 Å². The van der Waals surface area contributed by atoms with Crippen LogP contribution in [-0.2, 0) is 14.3 Å². The number of carbonyl (C=O) groups excluding carboxylic acids is 1. The van der Waals surface area contributed by atoms with Crippen LogP contribution in [0.1, 0.15) is 26.2 Å². The molecule has 2 heterocycles. The lowest BCUT2D eigenvalue weighted by atomic mass is 9.99. The van der Waals surface area contributed by atoms with Crippen molar-refractivity contribution >= 4 is 5.91 Å². The van der Waals surface area contributed by atoms with Crippen molar-refractivity contribution in [3.63, 3.8) is 0 Å². The predicted octanol–water partition coefficient (Wildman–Crippen LogP) is 0.638. The fraction of sp³-hybridized carbons (Fsp3) is 0.929. The van der Waals surface area contributed by atoms with Crippen LogP contribution < -0.4 is 5.32 Å². The predicted molar refractivity (Wildman–Crippen MR) is 73.0 cm³/mol. The molecule has 2 saturated heterocycles. The van der Waals surface area contributed by atoms with Crippen LogP contribution in [0.3, 0.4) is 0 Å². The number of rotatable bonds is 5. The molecule has 0 bridgehead atoms. The van der Waals surface area contributed by atoms with Gasteiger partial charge in [-0.3, -0.25) is 4.79 Å². The molecule has 0 aromatic heterocycles. The van der Waals surface area contributed by atoms with Crippen molar-refractivity contribution in [1.29, 1.82) is 0 Å². The first-order valence-electron chi connectivity index (χ1n) is 7.41. The quantitative estimate of drug-likeness (QED) is 0.796. The number of nitrogens with one attached hydrogen (secondary N) is 1. The van der Waals surface area contributed by atoms with Crippen molar-refractivity contribution in [2.75, 3.05) is 40.0 Å². The van der Waals surface area contributed by atoms with Gasteiger partial charge in [-0.05, 0) is 26.3 Å².